The number of rotatable bonds is 3. The van der Waals surface area contributed by atoms with Crippen molar-refractivity contribution in [3.8, 4) is 0 Å². The molecule has 0 aromatic heterocycles. The number of halogens is 2. The quantitative estimate of drug-likeness (QED) is 0.762. The van der Waals surface area contributed by atoms with E-state index in [9.17, 15) is 4.79 Å². The van der Waals surface area contributed by atoms with Crippen LogP contribution in [0.15, 0.2) is 46.9 Å². The minimum absolute atomic E-state index is 0.252. The molecule has 1 amide bonds. The fourth-order valence-corrected chi connectivity index (χ4v) is 2.52. The van der Waals surface area contributed by atoms with Crippen molar-refractivity contribution in [1.29, 1.82) is 0 Å². The lowest BCUT2D eigenvalue weighted by Gasteiger charge is -2.11. The summed E-state index contributed by atoms with van der Waals surface area (Å²) in [5.74, 6) is -0.252. The zero-order valence-electron chi connectivity index (χ0n) is 11.8. The number of carbonyl (C=O) groups is 1. The molecule has 2 N–H and O–H groups in total. The molecule has 0 saturated heterocycles. The molecule has 0 saturated carbocycles. The van der Waals surface area contributed by atoms with Gasteiger partial charge in [-0.25, -0.2) is 0 Å². The van der Waals surface area contributed by atoms with Gasteiger partial charge < -0.3 is 5.32 Å². The number of thiocarbonyl (C=S) groups is 1. The highest BCUT2D eigenvalue weighted by Crippen LogP contribution is 2.17. The molecule has 0 heterocycles. The SMILES string of the molecule is Cc1ccc(C(=O)NC(=S)NCc2ccccc2Cl)cc1Br. The van der Waals surface area contributed by atoms with Crippen LogP contribution in [0.1, 0.15) is 21.5 Å². The Balaban J connectivity index is 1.93. The first-order valence-electron chi connectivity index (χ1n) is 6.56. The van der Waals surface area contributed by atoms with Crippen molar-refractivity contribution >= 4 is 50.8 Å². The number of aryl methyl sites for hydroxylation is 1. The molecular formula is C16H14BrClN2OS. The van der Waals surface area contributed by atoms with E-state index in [-0.39, 0.29) is 11.0 Å². The highest BCUT2D eigenvalue weighted by Gasteiger charge is 2.09. The average Bonchev–Trinajstić information content (AvgIpc) is 2.49. The Hall–Kier alpha value is -1.43. The Kier molecular flexibility index (Phi) is 5.94. The summed E-state index contributed by atoms with van der Waals surface area (Å²) in [6.07, 6.45) is 0. The first kappa shape index (κ1) is 16.9. The lowest BCUT2D eigenvalue weighted by Crippen LogP contribution is -2.38. The van der Waals surface area contributed by atoms with Crippen LogP contribution in [0.4, 0.5) is 0 Å². The van der Waals surface area contributed by atoms with Crippen molar-refractivity contribution in [2.75, 3.05) is 0 Å². The van der Waals surface area contributed by atoms with Crippen LogP contribution in [-0.2, 0) is 6.54 Å². The smallest absolute Gasteiger partial charge is 0.257 e. The number of hydrogen-bond donors (Lipinski definition) is 2. The van der Waals surface area contributed by atoms with Gasteiger partial charge in [0, 0.05) is 21.6 Å². The Labute approximate surface area is 148 Å². The normalized spacial score (nSPS) is 10.1. The molecule has 0 radical (unpaired) electrons. The maximum absolute atomic E-state index is 12.1. The summed E-state index contributed by atoms with van der Waals surface area (Å²) in [7, 11) is 0. The van der Waals surface area contributed by atoms with Gasteiger partial charge in [0.1, 0.15) is 0 Å². The van der Waals surface area contributed by atoms with Gasteiger partial charge in [-0.15, -0.1) is 0 Å². The second-order valence-corrected chi connectivity index (χ2v) is 6.36. The van der Waals surface area contributed by atoms with Gasteiger partial charge in [-0.3, -0.25) is 10.1 Å². The minimum atomic E-state index is -0.252. The van der Waals surface area contributed by atoms with Crippen LogP contribution in [0.25, 0.3) is 0 Å². The molecule has 6 heteroatoms. The molecule has 0 atom stereocenters. The van der Waals surface area contributed by atoms with E-state index in [0.717, 1.165) is 15.6 Å². The summed E-state index contributed by atoms with van der Waals surface area (Å²) in [5.41, 5.74) is 2.52. The maximum Gasteiger partial charge on any atom is 0.257 e. The van der Waals surface area contributed by atoms with Crippen LogP contribution >= 0.6 is 39.7 Å². The summed E-state index contributed by atoms with van der Waals surface area (Å²) >= 11 is 14.6. The number of carbonyl (C=O) groups excluding carboxylic acids is 1. The standard InChI is InChI=1S/C16H14BrClN2OS/c1-10-6-7-11(8-13(10)17)15(21)20-16(22)19-9-12-4-2-3-5-14(12)18/h2-8H,9H2,1H3,(H2,19,20,21,22). The van der Waals surface area contributed by atoms with E-state index in [1.54, 1.807) is 12.1 Å². The largest absolute Gasteiger partial charge is 0.358 e. The van der Waals surface area contributed by atoms with Gasteiger partial charge in [0.25, 0.3) is 5.91 Å². The summed E-state index contributed by atoms with van der Waals surface area (Å²) in [6, 6.07) is 12.9. The van der Waals surface area contributed by atoms with E-state index in [4.69, 9.17) is 23.8 Å². The van der Waals surface area contributed by atoms with Crippen LogP contribution in [0.3, 0.4) is 0 Å². The molecule has 0 spiro atoms. The van der Waals surface area contributed by atoms with Crippen molar-refractivity contribution in [1.82, 2.24) is 10.6 Å². The van der Waals surface area contributed by atoms with Gasteiger partial charge in [0.2, 0.25) is 0 Å². The molecule has 0 aliphatic heterocycles. The molecular weight excluding hydrogens is 384 g/mol. The highest BCUT2D eigenvalue weighted by molar-refractivity contribution is 9.10. The number of amides is 1. The third kappa shape index (κ3) is 4.53. The second-order valence-electron chi connectivity index (χ2n) is 4.69. The minimum Gasteiger partial charge on any atom is -0.358 e. The monoisotopic (exact) mass is 396 g/mol. The lowest BCUT2D eigenvalue weighted by molar-refractivity contribution is 0.0976. The molecule has 3 nitrogen and oxygen atoms in total. The predicted molar refractivity (Wildman–Crippen MR) is 97.2 cm³/mol. The maximum atomic E-state index is 12.1. The number of nitrogens with one attached hydrogen (secondary N) is 2. The molecule has 22 heavy (non-hydrogen) atoms. The van der Waals surface area contributed by atoms with E-state index >= 15 is 0 Å². The number of hydrogen-bond acceptors (Lipinski definition) is 2. The van der Waals surface area contributed by atoms with Crippen LogP contribution in [0, 0.1) is 6.92 Å². The molecule has 2 aromatic rings. The molecule has 0 unspecified atom stereocenters. The average molecular weight is 398 g/mol. The molecule has 2 rings (SSSR count). The summed E-state index contributed by atoms with van der Waals surface area (Å²) in [6.45, 7) is 2.41. The topological polar surface area (TPSA) is 41.1 Å². The van der Waals surface area contributed by atoms with Crippen LogP contribution in [-0.4, -0.2) is 11.0 Å². The Morgan fingerprint density at radius 3 is 2.68 bits per heavy atom. The van der Waals surface area contributed by atoms with Crippen LogP contribution < -0.4 is 10.6 Å². The fraction of sp³-hybridized carbons (Fsp3) is 0.125. The molecule has 114 valence electrons. The van der Waals surface area contributed by atoms with Gasteiger partial charge >= 0.3 is 0 Å². The Morgan fingerprint density at radius 2 is 2.00 bits per heavy atom. The first-order valence-corrected chi connectivity index (χ1v) is 8.14. The number of benzene rings is 2. The van der Waals surface area contributed by atoms with E-state index in [0.29, 0.717) is 17.1 Å². The third-order valence-electron chi connectivity index (χ3n) is 3.06. The van der Waals surface area contributed by atoms with E-state index < -0.39 is 0 Å². The zero-order chi connectivity index (χ0) is 16.1. The second kappa shape index (κ2) is 7.72. The molecule has 0 bridgehead atoms. The summed E-state index contributed by atoms with van der Waals surface area (Å²) in [5, 5.41) is 6.54. The molecule has 0 fully saturated rings. The molecule has 0 aliphatic rings. The van der Waals surface area contributed by atoms with Crippen molar-refractivity contribution in [2.24, 2.45) is 0 Å². The Morgan fingerprint density at radius 1 is 1.27 bits per heavy atom. The molecule has 2 aromatic carbocycles. The van der Waals surface area contributed by atoms with E-state index in [1.807, 2.05) is 37.3 Å². The third-order valence-corrected chi connectivity index (χ3v) is 4.53. The van der Waals surface area contributed by atoms with Crippen molar-refractivity contribution in [3.63, 3.8) is 0 Å². The van der Waals surface area contributed by atoms with Gasteiger partial charge in [0.15, 0.2) is 5.11 Å². The highest BCUT2D eigenvalue weighted by atomic mass is 79.9. The molecule has 0 aliphatic carbocycles. The van der Waals surface area contributed by atoms with E-state index in [2.05, 4.69) is 26.6 Å². The lowest BCUT2D eigenvalue weighted by atomic mass is 10.1. The van der Waals surface area contributed by atoms with E-state index in [1.165, 1.54) is 0 Å². The van der Waals surface area contributed by atoms with Gasteiger partial charge in [-0.05, 0) is 48.5 Å². The Bertz CT molecular complexity index is 721. The van der Waals surface area contributed by atoms with Crippen molar-refractivity contribution in [3.05, 3.63) is 68.7 Å². The van der Waals surface area contributed by atoms with Crippen LogP contribution in [0.2, 0.25) is 5.02 Å². The fourth-order valence-electron chi connectivity index (χ4n) is 1.77. The first-order chi connectivity index (χ1) is 10.5. The predicted octanol–water partition coefficient (Wildman–Crippen LogP) is 4.22. The van der Waals surface area contributed by atoms with Gasteiger partial charge in [0.05, 0.1) is 0 Å². The van der Waals surface area contributed by atoms with Crippen molar-refractivity contribution in [2.45, 2.75) is 13.5 Å². The van der Waals surface area contributed by atoms with Crippen LogP contribution in [0.5, 0.6) is 0 Å². The zero-order valence-corrected chi connectivity index (χ0v) is 15.0. The van der Waals surface area contributed by atoms with Gasteiger partial charge in [-0.2, -0.15) is 0 Å². The van der Waals surface area contributed by atoms with Crippen molar-refractivity contribution < 1.29 is 4.79 Å². The summed E-state index contributed by atoms with van der Waals surface area (Å²) in [4.78, 5) is 12.1. The van der Waals surface area contributed by atoms with Gasteiger partial charge in [-0.1, -0.05) is 51.8 Å². The summed E-state index contributed by atoms with van der Waals surface area (Å²) < 4.78 is 0.884.